The topological polar surface area (TPSA) is 64.0 Å². The molecule has 3 aromatic rings. The Morgan fingerprint density at radius 3 is 2.56 bits per heavy atom. The summed E-state index contributed by atoms with van der Waals surface area (Å²) in [5, 5.41) is 9.87. The summed E-state index contributed by atoms with van der Waals surface area (Å²) in [4.78, 5) is 6.29. The first-order valence-electron chi connectivity index (χ1n) is 10.00. The standard InChI is InChI=1S/C23H21F3N2O4/c24-23(25,26)32-19-5-3-4-17(13-19)30-18-7-8-21(16(12-18)15-29)28-11-9-20(14-28)31-22-6-1-2-10-27-22/h1-8,10,12-13,20,29H,9,11,14-15H2. The Kier molecular flexibility index (Phi) is 6.36. The lowest BCUT2D eigenvalue weighted by Gasteiger charge is -2.22. The Morgan fingerprint density at radius 2 is 1.81 bits per heavy atom. The van der Waals surface area contributed by atoms with E-state index in [4.69, 9.17) is 9.47 Å². The third-order valence-corrected chi connectivity index (χ3v) is 4.91. The zero-order valence-electron chi connectivity index (χ0n) is 17.0. The van der Waals surface area contributed by atoms with Crippen LogP contribution in [0.15, 0.2) is 66.9 Å². The Bertz CT molecular complexity index is 1050. The van der Waals surface area contributed by atoms with Crippen molar-refractivity contribution in [1.82, 2.24) is 4.98 Å². The molecule has 2 heterocycles. The molecule has 1 aromatic heterocycles. The van der Waals surface area contributed by atoms with Gasteiger partial charge in [-0.25, -0.2) is 4.98 Å². The van der Waals surface area contributed by atoms with Crippen molar-refractivity contribution in [3.8, 4) is 23.1 Å². The molecule has 0 radical (unpaired) electrons. The molecule has 1 aliphatic rings. The van der Waals surface area contributed by atoms with Crippen LogP contribution in [0.3, 0.4) is 0 Å². The highest BCUT2D eigenvalue weighted by molar-refractivity contribution is 5.57. The summed E-state index contributed by atoms with van der Waals surface area (Å²) >= 11 is 0. The number of aromatic nitrogens is 1. The highest BCUT2D eigenvalue weighted by Crippen LogP contribution is 2.33. The number of anilines is 1. The highest BCUT2D eigenvalue weighted by Gasteiger charge is 2.31. The molecule has 32 heavy (non-hydrogen) atoms. The van der Waals surface area contributed by atoms with Gasteiger partial charge in [-0.05, 0) is 36.4 Å². The van der Waals surface area contributed by atoms with E-state index in [1.54, 1.807) is 18.3 Å². The molecule has 9 heteroatoms. The van der Waals surface area contributed by atoms with Gasteiger partial charge >= 0.3 is 6.36 Å². The molecule has 1 unspecified atom stereocenters. The Balaban J connectivity index is 1.44. The van der Waals surface area contributed by atoms with E-state index in [-0.39, 0.29) is 24.2 Å². The van der Waals surface area contributed by atoms with Crippen LogP contribution < -0.4 is 19.1 Å². The first-order chi connectivity index (χ1) is 15.4. The minimum Gasteiger partial charge on any atom is -0.472 e. The number of aliphatic hydroxyl groups is 1. The zero-order valence-corrected chi connectivity index (χ0v) is 17.0. The molecule has 0 saturated carbocycles. The lowest BCUT2D eigenvalue weighted by Crippen LogP contribution is -2.25. The molecule has 0 amide bonds. The summed E-state index contributed by atoms with van der Waals surface area (Å²) < 4.78 is 52.8. The minimum atomic E-state index is -4.78. The van der Waals surface area contributed by atoms with Gasteiger partial charge in [0.25, 0.3) is 0 Å². The summed E-state index contributed by atoms with van der Waals surface area (Å²) in [6.45, 7) is 1.17. The van der Waals surface area contributed by atoms with Gasteiger partial charge < -0.3 is 24.2 Å². The predicted octanol–water partition coefficient (Wildman–Crippen LogP) is 4.92. The summed E-state index contributed by atoms with van der Waals surface area (Å²) in [7, 11) is 0. The molecule has 1 aliphatic heterocycles. The smallest absolute Gasteiger partial charge is 0.472 e. The molecule has 1 fully saturated rings. The Morgan fingerprint density at radius 1 is 1.00 bits per heavy atom. The van der Waals surface area contributed by atoms with E-state index in [1.807, 2.05) is 24.3 Å². The SMILES string of the molecule is OCc1cc(Oc2cccc(OC(F)(F)F)c2)ccc1N1CCC(Oc2ccccn2)C1. The van der Waals surface area contributed by atoms with E-state index >= 15 is 0 Å². The van der Waals surface area contributed by atoms with Gasteiger partial charge in [-0.1, -0.05) is 12.1 Å². The van der Waals surface area contributed by atoms with Crippen LogP contribution in [0.1, 0.15) is 12.0 Å². The summed E-state index contributed by atoms with van der Waals surface area (Å²) in [6.07, 6.45) is -2.32. The van der Waals surface area contributed by atoms with Crippen molar-refractivity contribution in [2.24, 2.45) is 0 Å². The van der Waals surface area contributed by atoms with Crippen molar-refractivity contribution in [2.75, 3.05) is 18.0 Å². The molecular weight excluding hydrogens is 425 g/mol. The molecule has 1 N–H and O–H groups in total. The average Bonchev–Trinajstić information content (AvgIpc) is 3.21. The van der Waals surface area contributed by atoms with Crippen molar-refractivity contribution < 1.29 is 32.5 Å². The van der Waals surface area contributed by atoms with Gasteiger partial charge in [0, 0.05) is 42.5 Å². The number of hydrogen-bond acceptors (Lipinski definition) is 6. The second kappa shape index (κ2) is 9.35. The number of rotatable bonds is 7. The third-order valence-electron chi connectivity index (χ3n) is 4.91. The second-order valence-electron chi connectivity index (χ2n) is 7.22. The maximum atomic E-state index is 12.4. The molecule has 1 atom stereocenters. The summed E-state index contributed by atoms with van der Waals surface area (Å²) in [5.41, 5.74) is 1.49. The molecule has 0 aliphatic carbocycles. The van der Waals surface area contributed by atoms with Gasteiger partial charge in [0.1, 0.15) is 23.4 Å². The fraction of sp³-hybridized carbons (Fsp3) is 0.261. The molecule has 0 bridgehead atoms. The van der Waals surface area contributed by atoms with Crippen LogP contribution in [0, 0.1) is 0 Å². The number of nitrogens with zero attached hydrogens (tertiary/aromatic N) is 2. The lowest BCUT2D eigenvalue weighted by atomic mass is 10.1. The van der Waals surface area contributed by atoms with Crippen molar-refractivity contribution >= 4 is 5.69 Å². The number of ether oxygens (including phenoxy) is 3. The van der Waals surface area contributed by atoms with Crippen LogP contribution in [-0.4, -0.2) is 35.6 Å². The summed E-state index contributed by atoms with van der Waals surface area (Å²) in [6, 6.07) is 16.0. The lowest BCUT2D eigenvalue weighted by molar-refractivity contribution is -0.274. The number of hydrogen-bond donors (Lipinski definition) is 1. The second-order valence-corrected chi connectivity index (χ2v) is 7.22. The largest absolute Gasteiger partial charge is 0.573 e. The van der Waals surface area contributed by atoms with Crippen LogP contribution in [0.4, 0.5) is 18.9 Å². The van der Waals surface area contributed by atoms with E-state index < -0.39 is 6.36 Å². The van der Waals surface area contributed by atoms with Crippen LogP contribution in [0.25, 0.3) is 0 Å². The molecule has 1 saturated heterocycles. The number of alkyl halides is 3. The number of halogens is 3. The van der Waals surface area contributed by atoms with Crippen molar-refractivity contribution in [3.05, 3.63) is 72.4 Å². The van der Waals surface area contributed by atoms with Gasteiger partial charge in [-0.3, -0.25) is 0 Å². The number of aliphatic hydroxyl groups excluding tert-OH is 1. The molecule has 2 aromatic carbocycles. The van der Waals surface area contributed by atoms with Crippen LogP contribution in [0.5, 0.6) is 23.1 Å². The third kappa shape index (κ3) is 5.61. The first kappa shape index (κ1) is 21.8. The van der Waals surface area contributed by atoms with Crippen molar-refractivity contribution in [2.45, 2.75) is 25.5 Å². The minimum absolute atomic E-state index is 0.0243. The number of benzene rings is 2. The van der Waals surface area contributed by atoms with E-state index in [0.717, 1.165) is 24.7 Å². The van der Waals surface area contributed by atoms with Gasteiger partial charge in [-0.15, -0.1) is 13.2 Å². The van der Waals surface area contributed by atoms with Crippen LogP contribution >= 0.6 is 0 Å². The van der Waals surface area contributed by atoms with Crippen molar-refractivity contribution in [3.63, 3.8) is 0 Å². The van der Waals surface area contributed by atoms with E-state index in [2.05, 4.69) is 14.6 Å². The molecule has 6 nitrogen and oxygen atoms in total. The highest BCUT2D eigenvalue weighted by atomic mass is 19.4. The normalized spacial score (nSPS) is 16.1. The molecule has 0 spiro atoms. The predicted molar refractivity (Wildman–Crippen MR) is 111 cm³/mol. The zero-order chi connectivity index (χ0) is 22.6. The van der Waals surface area contributed by atoms with Gasteiger partial charge in [-0.2, -0.15) is 0 Å². The van der Waals surface area contributed by atoms with Crippen LogP contribution in [0.2, 0.25) is 0 Å². The Labute approximate surface area is 182 Å². The average molecular weight is 446 g/mol. The quantitative estimate of drug-likeness (QED) is 0.556. The fourth-order valence-corrected chi connectivity index (χ4v) is 3.56. The van der Waals surface area contributed by atoms with Gasteiger partial charge in [0.05, 0.1) is 13.2 Å². The maximum absolute atomic E-state index is 12.4. The monoisotopic (exact) mass is 446 g/mol. The maximum Gasteiger partial charge on any atom is 0.573 e. The van der Waals surface area contributed by atoms with Crippen LogP contribution in [-0.2, 0) is 6.61 Å². The molecular formula is C23H21F3N2O4. The first-order valence-corrected chi connectivity index (χ1v) is 10.00. The molecule has 4 rings (SSSR count). The fourth-order valence-electron chi connectivity index (χ4n) is 3.56. The van der Waals surface area contributed by atoms with E-state index in [9.17, 15) is 18.3 Å². The van der Waals surface area contributed by atoms with E-state index in [0.29, 0.717) is 23.7 Å². The molecule has 168 valence electrons. The number of pyridine rings is 1. The van der Waals surface area contributed by atoms with Gasteiger partial charge in [0.15, 0.2) is 0 Å². The van der Waals surface area contributed by atoms with Gasteiger partial charge in [0.2, 0.25) is 5.88 Å². The Hall–Kier alpha value is -3.46. The van der Waals surface area contributed by atoms with E-state index in [1.165, 1.54) is 18.2 Å². The van der Waals surface area contributed by atoms with Crippen molar-refractivity contribution in [1.29, 1.82) is 0 Å². The summed E-state index contributed by atoms with van der Waals surface area (Å²) in [5.74, 6) is 0.781.